The van der Waals surface area contributed by atoms with E-state index in [9.17, 15) is 18.0 Å². The maximum Gasteiger partial charge on any atom is 0.243 e. The Kier molecular flexibility index (Phi) is 8.04. The molecule has 0 saturated carbocycles. The summed E-state index contributed by atoms with van der Waals surface area (Å²) in [5, 5.41) is 0. The summed E-state index contributed by atoms with van der Waals surface area (Å²) in [6.45, 7) is 6.25. The van der Waals surface area contributed by atoms with Crippen molar-refractivity contribution in [1.82, 2.24) is 14.1 Å². The van der Waals surface area contributed by atoms with E-state index in [-0.39, 0.29) is 42.6 Å². The fourth-order valence-electron chi connectivity index (χ4n) is 3.82. The lowest BCUT2D eigenvalue weighted by atomic mass is 10.1. The maximum atomic E-state index is 12.7. The number of carbonyl (C=O) groups excluding carboxylic acids is 2. The first-order valence-corrected chi connectivity index (χ1v) is 12.4. The van der Waals surface area contributed by atoms with Gasteiger partial charge < -0.3 is 9.80 Å². The van der Waals surface area contributed by atoms with Crippen LogP contribution < -0.4 is 0 Å². The molecule has 32 heavy (non-hydrogen) atoms. The van der Waals surface area contributed by atoms with Crippen molar-refractivity contribution in [3.8, 4) is 0 Å². The zero-order valence-corrected chi connectivity index (χ0v) is 19.6. The van der Waals surface area contributed by atoms with Gasteiger partial charge in [0.05, 0.1) is 4.90 Å². The average molecular weight is 458 g/mol. The predicted molar refractivity (Wildman–Crippen MR) is 123 cm³/mol. The summed E-state index contributed by atoms with van der Waals surface area (Å²) < 4.78 is 26.9. The zero-order chi connectivity index (χ0) is 23.1. The molecule has 0 bridgehead atoms. The van der Waals surface area contributed by atoms with Crippen LogP contribution in [0.5, 0.6) is 0 Å². The highest BCUT2D eigenvalue weighted by Gasteiger charge is 2.30. The monoisotopic (exact) mass is 457 g/mol. The van der Waals surface area contributed by atoms with Crippen molar-refractivity contribution in [2.24, 2.45) is 0 Å². The van der Waals surface area contributed by atoms with Gasteiger partial charge >= 0.3 is 0 Å². The Morgan fingerprint density at radius 1 is 0.906 bits per heavy atom. The van der Waals surface area contributed by atoms with E-state index in [2.05, 4.69) is 0 Å². The highest BCUT2D eigenvalue weighted by Crippen LogP contribution is 2.18. The lowest BCUT2D eigenvalue weighted by Crippen LogP contribution is -2.50. The van der Waals surface area contributed by atoms with Gasteiger partial charge in [-0.15, -0.1) is 0 Å². The Balaban J connectivity index is 1.49. The van der Waals surface area contributed by atoms with Crippen molar-refractivity contribution in [2.75, 3.05) is 32.7 Å². The second-order valence-electron chi connectivity index (χ2n) is 7.93. The van der Waals surface area contributed by atoms with E-state index < -0.39 is 10.0 Å². The molecule has 1 aliphatic heterocycles. The van der Waals surface area contributed by atoms with Crippen LogP contribution in [0.1, 0.15) is 30.9 Å². The summed E-state index contributed by atoms with van der Waals surface area (Å²) in [5.41, 5.74) is 2.24. The molecule has 0 aromatic heterocycles. The first-order valence-electron chi connectivity index (χ1n) is 11.0. The molecule has 1 aliphatic rings. The highest BCUT2D eigenvalue weighted by molar-refractivity contribution is 7.89. The minimum atomic E-state index is -3.55. The normalized spacial score (nSPS) is 14.9. The van der Waals surface area contributed by atoms with E-state index in [1.54, 1.807) is 40.1 Å². The third kappa shape index (κ3) is 5.75. The zero-order valence-electron chi connectivity index (χ0n) is 18.7. The van der Waals surface area contributed by atoms with Gasteiger partial charge in [0, 0.05) is 52.1 Å². The second-order valence-corrected chi connectivity index (χ2v) is 9.87. The summed E-state index contributed by atoms with van der Waals surface area (Å²) in [4.78, 5) is 29.0. The molecule has 1 heterocycles. The lowest BCUT2D eigenvalue weighted by molar-refractivity contribution is -0.137. The van der Waals surface area contributed by atoms with Crippen LogP contribution in [0.2, 0.25) is 0 Å². The number of hydrogen-bond acceptors (Lipinski definition) is 4. The molecule has 2 aromatic carbocycles. The van der Waals surface area contributed by atoms with Gasteiger partial charge in [0.25, 0.3) is 0 Å². The molecule has 1 fully saturated rings. The van der Waals surface area contributed by atoms with Crippen molar-refractivity contribution in [1.29, 1.82) is 0 Å². The van der Waals surface area contributed by atoms with Crippen LogP contribution in [0.3, 0.4) is 0 Å². The van der Waals surface area contributed by atoms with Crippen LogP contribution in [-0.2, 0) is 26.2 Å². The number of rotatable bonds is 8. The fraction of sp³-hybridized carbons (Fsp3) is 0.417. The van der Waals surface area contributed by atoms with Crippen LogP contribution in [-0.4, -0.2) is 67.1 Å². The Bertz CT molecular complexity index is 1030. The van der Waals surface area contributed by atoms with Crippen molar-refractivity contribution < 1.29 is 18.0 Å². The third-order valence-electron chi connectivity index (χ3n) is 5.88. The van der Waals surface area contributed by atoms with Gasteiger partial charge in [0.1, 0.15) is 0 Å². The standard InChI is InChI=1S/C24H31N3O4S/c1-3-25(19-21-10-8-7-9-20(21)2)23(28)13-14-24(29)26-15-17-27(18-16-26)32(30,31)22-11-5-4-6-12-22/h4-12H,3,13-19H2,1-2H3. The quantitative estimate of drug-likeness (QED) is 0.611. The second kappa shape index (κ2) is 10.7. The highest BCUT2D eigenvalue weighted by atomic mass is 32.2. The van der Waals surface area contributed by atoms with Crippen molar-refractivity contribution in [3.05, 3.63) is 65.7 Å². The lowest BCUT2D eigenvalue weighted by Gasteiger charge is -2.34. The molecule has 0 N–H and O–H groups in total. The summed E-state index contributed by atoms with van der Waals surface area (Å²) >= 11 is 0. The van der Waals surface area contributed by atoms with E-state index in [0.29, 0.717) is 26.2 Å². The minimum Gasteiger partial charge on any atom is -0.340 e. The van der Waals surface area contributed by atoms with Crippen LogP contribution in [0.4, 0.5) is 0 Å². The van der Waals surface area contributed by atoms with Crippen molar-refractivity contribution in [3.63, 3.8) is 0 Å². The maximum absolute atomic E-state index is 12.7. The molecule has 0 atom stereocenters. The van der Waals surface area contributed by atoms with Crippen LogP contribution in [0, 0.1) is 6.92 Å². The molecule has 8 heteroatoms. The van der Waals surface area contributed by atoms with Gasteiger partial charge in [-0.2, -0.15) is 4.31 Å². The molecule has 0 unspecified atom stereocenters. The smallest absolute Gasteiger partial charge is 0.243 e. The number of amides is 2. The summed E-state index contributed by atoms with van der Waals surface area (Å²) in [6, 6.07) is 16.3. The number of carbonyl (C=O) groups is 2. The molecule has 0 spiro atoms. The minimum absolute atomic E-state index is 0.0469. The fourth-order valence-corrected chi connectivity index (χ4v) is 5.26. The predicted octanol–water partition coefficient (Wildman–Crippen LogP) is 2.66. The Morgan fingerprint density at radius 3 is 2.16 bits per heavy atom. The van der Waals surface area contributed by atoms with Gasteiger partial charge in [-0.1, -0.05) is 42.5 Å². The molecule has 7 nitrogen and oxygen atoms in total. The van der Waals surface area contributed by atoms with Crippen LogP contribution >= 0.6 is 0 Å². The number of piperazine rings is 1. The number of aryl methyl sites for hydroxylation is 1. The van der Waals surface area contributed by atoms with Gasteiger partial charge in [-0.05, 0) is 37.1 Å². The van der Waals surface area contributed by atoms with Gasteiger partial charge in [0.2, 0.25) is 21.8 Å². The summed E-state index contributed by atoms with van der Waals surface area (Å²) in [6.07, 6.45) is 0.287. The number of sulfonamides is 1. The largest absolute Gasteiger partial charge is 0.340 e. The number of nitrogens with zero attached hydrogens (tertiary/aromatic N) is 3. The molecular weight excluding hydrogens is 426 g/mol. The van der Waals surface area contributed by atoms with E-state index in [1.165, 1.54) is 4.31 Å². The SMILES string of the molecule is CCN(Cc1ccccc1C)C(=O)CCC(=O)N1CCN(S(=O)(=O)c2ccccc2)CC1. The first-order chi connectivity index (χ1) is 15.3. The molecule has 3 rings (SSSR count). The Hall–Kier alpha value is -2.71. The number of hydrogen-bond donors (Lipinski definition) is 0. The van der Waals surface area contributed by atoms with Crippen molar-refractivity contribution >= 4 is 21.8 Å². The van der Waals surface area contributed by atoms with Gasteiger partial charge in [-0.3, -0.25) is 9.59 Å². The van der Waals surface area contributed by atoms with E-state index >= 15 is 0 Å². The topological polar surface area (TPSA) is 78.0 Å². The van der Waals surface area contributed by atoms with Crippen LogP contribution in [0.25, 0.3) is 0 Å². The van der Waals surface area contributed by atoms with E-state index in [0.717, 1.165) is 11.1 Å². The van der Waals surface area contributed by atoms with E-state index in [4.69, 9.17) is 0 Å². The molecule has 0 radical (unpaired) electrons. The van der Waals surface area contributed by atoms with Gasteiger partial charge in [0.15, 0.2) is 0 Å². The average Bonchev–Trinajstić information content (AvgIpc) is 2.82. The Morgan fingerprint density at radius 2 is 1.53 bits per heavy atom. The molecule has 2 amide bonds. The molecule has 0 aliphatic carbocycles. The van der Waals surface area contributed by atoms with Crippen LogP contribution in [0.15, 0.2) is 59.5 Å². The molecule has 2 aromatic rings. The van der Waals surface area contributed by atoms with Gasteiger partial charge in [-0.25, -0.2) is 8.42 Å². The van der Waals surface area contributed by atoms with E-state index in [1.807, 2.05) is 38.1 Å². The molecule has 1 saturated heterocycles. The molecule has 172 valence electrons. The molecular formula is C24H31N3O4S. The number of benzene rings is 2. The summed E-state index contributed by atoms with van der Waals surface area (Å²) in [7, 11) is -3.55. The first kappa shape index (κ1) is 23.9. The summed E-state index contributed by atoms with van der Waals surface area (Å²) in [5.74, 6) is -0.156. The Labute approximate surface area is 190 Å². The third-order valence-corrected chi connectivity index (χ3v) is 7.79. The van der Waals surface area contributed by atoms with Crippen molar-refractivity contribution in [2.45, 2.75) is 38.1 Å².